The van der Waals surface area contributed by atoms with Gasteiger partial charge in [-0.05, 0) is 31.5 Å². The molecular formula is C16H22Cl2N2O2. The minimum Gasteiger partial charge on any atom is -0.383 e. The van der Waals surface area contributed by atoms with Gasteiger partial charge < -0.3 is 10.1 Å². The zero-order valence-corrected chi connectivity index (χ0v) is 14.3. The normalized spacial score (nSPS) is 19.1. The van der Waals surface area contributed by atoms with Gasteiger partial charge in [-0.15, -0.1) is 0 Å². The second-order valence-corrected chi connectivity index (χ2v) is 6.37. The monoisotopic (exact) mass is 344 g/mol. The zero-order valence-electron chi connectivity index (χ0n) is 12.8. The molecule has 6 heteroatoms. The molecule has 0 saturated carbocycles. The number of benzene rings is 1. The van der Waals surface area contributed by atoms with Gasteiger partial charge in [0, 0.05) is 42.4 Å². The van der Waals surface area contributed by atoms with E-state index in [1.54, 1.807) is 7.11 Å². The summed E-state index contributed by atoms with van der Waals surface area (Å²) >= 11 is 12.5. The van der Waals surface area contributed by atoms with E-state index in [2.05, 4.69) is 10.2 Å². The molecule has 1 fully saturated rings. The SMILES string of the molecule is COCCNC(=O)[C@@H]1CCCN(Cc2c(Cl)cccc2Cl)C1. The van der Waals surface area contributed by atoms with Crippen LogP contribution in [0.4, 0.5) is 0 Å². The number of carbonyl (C=O) groups is 1. The fraction of sp³-hybridized carbons (Fsp3) is 0.562. The summed E-state index contributed by atoms with van der Waals surface area (Å²) < 4.78 is 4.95. The van der Waals surface area contributed by atoms with Crippen molar-refractivity contribution in [3.63, 3.8) is 0 Å². The molecule has 1 aromatic rings. The van der Waals surface area contributed by atoms with E-state index in [0.29, 0.717) is 29.7 Å². The number of carbonyl (C=O) groups excluding carboxylic acids is 1. The molecule has 122 valence electrons. The van der Waals surface area contributed by atoms with E-state index in [0.717, 1.165) is 31.5 Å². The highest BCUT2D eigenvalue weighted by atomic mass is 35.5. The van der Waals surface area contributed by atoms with E-state index in [-0.39, 0.29) is 11.8 Å². The Kier molecular flexibility index (Phi) is 6.96. The Bertz CT molecular complexity index is 491. The molecule has 1 aliphatic heterocycles. The predicted molar refractivity (Wildman–Crippen MR) is 89.3 cm³/mol. The summed E-state index contributed by atoms with van der Waals surface area (Å²) in [6.07, 6.45) is 1.93. The quantitative estimate of drug-likeness (QED) is 0.806. The largest absolute Gasteiger partial charge is 0.383 e. The topological polar surface area (TPSA) is 41.6 Å². The lowest BCUT2D eigenvalue weighted by molar-refractivity contribution is -0.127. The van der Waals surface area contributed by atoms with Crippen molar-refractivity contribution >= 4 is 29.1 Å². The number of nitrogens with zero attached hydrogens (tertiary/aromatic N) is 1. The van der Waals surface area contributed by atoms with Crippen LogP contribution in [0.3, 0.4) is 0 Å². The van der Waals surface area contributed by atoms with E-state index < -0.39 is 0 Å². The van der Waals surface area contributed by atoms with Crippen molar-refractivity contribution in [1.82, 2.24) is 10.2 Å². The number of nitrogens with one attached hydrogen (secondary N) is 1. The van der Waals surface area contributed by atoms with Gasteiger partial charge in [0.1, 0.15) is 0 Å². The first-order valence-corrected chi connectivity index (χ1v) is 8.29. The maximum atomic E-state index is 12.2. The summed E-state index contributed by atoms with van der Waals surface area (Å²) in [7, 11) is 1.63. The average Bonchev–Trinajstić information content (AvgIpc) is 2.51. The Morgan fingerprint density at radius 3 is 2.82 bits per heavy atom. The second kappa shape index (κ2) is 8.73. The zero-order chi connectivity index (χ0) is 15.9. The van der Waals surface area contributed by atoms with Gasteiger partial charge in [-0.1, -0.05) is 29.3 Å². The van der Waals surface area contributed by atoms with Crippen LogP contribution in [-0.4, -0.2) is 44.2 Å². The third kappa shape index (κ3) is 4.85. The molecule has 0 spiro atoms. The third-order valence-corrected chi connectivity index (χ3v) is 4.63. The fourth-order valence-electron chi connectivity index (χ4n) is 2.74. The molecule has 4 nitrogen and oxygen atoms in total. The lowest BCUT2D eigenvalue weighted by atomic mass is 9.96. The van der Waals surface area contributed by atoms with E-state index in [9.17, 15) is 4.79 Å². The molecule has 2 rings (SSSR count). The Balaban J connectivity index is 1.92. The molecular weight excluding hydrogens is 323 g/mol. The van der Waals surface area contributed by atoms with Crippen LogP contribution in [0.5, 0.6) is 0 Å². The van der Waals surface area contributed by atoms with Crippen LogP contribution in [0, 0.1) is 5.92 Å². The number of ether oxygens (including phenoxy) is 1. The summed E-state index contributed by atoms with van der Waals surface area (Å²) in [6.45, 7) is 3.48. The standard InChI is InChI=1S/C16H22Cl2N2O2/c1-22-9-7-19-16(21)12-4-3-8-20(10-12)11-13-14(17)5-2-6-15(13)18/h2,5-6,12H,3-4,7-11H2,1H3,(H,19,21)/t12-/m1/s1. The van der Waals surface area contributed by atoms with Crippen molar-refractivity contribution in [3.05, 3.63) is 33.8 Å². The van der Waals surface area contributed by atoms with Gasteiger partial charge in [0.05, 0.1) is 12.5 Å². The second-order valence-electron chi connectivity index (χ2n) is 5.56. The Labute approximate surface area is 141 Å². The summed E-state index contributed by atoms with van der Waals surface area (Å²) in [5, 5.41) is 4.28. The average molecular weight is 345 g/mol. The van der Waals surface area contributed by atoms with Gasteiger partial charge in [0.2, 0.25) is 5.91 Å². The smallest absolute Gasteiger partial charge is 0.224 e. The molecule has 1 aromatic carbocycles. The van der Waals surface area contributed by atoms with Gasteiger partial charge in [0.25, 0.3) is 0 Å². The van der Waals surface area contributed by atoms with Crippen molar-refractivity contribution in [3.8, 4) is 0 Å². The number of methoxy groups -OCH3 is 1. The molecule has 1 aliphatic rings. The fourth-order valence-corrected chi connectivity index (χ4v) is 3.26. The highest BCUT2D eigenvalue weighted by molar-refractivity contribution is 6.35. The van der Waals surface area contributed by atoms with Gasteiger partial charge in [-0.25, -0.2) is 0 Å². The minimum atomic E-state index is 0.0202. The molecule has 1 heterocycles. The number of amides is 1. The Morgan fingerprint density at radius 2 is 2.14 bits per heavy atom. The highest BCUT2D eigenvalue weighted by Crippen LogP contribution is 2.27. The van der Waals surface area contributed by atoms with Crippen LogP contribution >= 0.6 is 23.2 Å². The number of halogens is 2. The first-order chi connectivity index (χ1) is 10.6. The molecule has 22 heavy (non-hydrogen) atoms. The maximum absolute atomic E-state index is 12.2. The van der Waals surface area contributed by atoms with Crippen molar-refractivity contribution in [2.45, 2.75) is 19.4 Å². The number of piperidine rings is 1. The number of likely N-dealkylation sites (tertiary alicyclic amines) is 1. The summed E-state index contributed by atoms with van der Waals surface area (Å²) in [5.41, 5.74) is 0.936. The molecule has 0 unspecified atom stereocenters. The van der Waals surface area contributed by atoms with Gasteiger partial charge >= 0.3 is 0 Å². The van der Waals surface area contributed by atoms with Gasteiger partial charge in [0.15, 0.2) is 0 Å². The molecule has 1 amide bonds. The van der Waals surface area contributed by atoms with Crippen LogP contribution in [0.2, 0.25) is 10.0 Å². The highest BCUT2D eigenvalue weighted by Gasteiger charge is 2.26. The predicted octanol–water partition coefficient (Wildman–Crippen LogP) is 2.97. The van der Waals surface area contributed by atoms with Crippen LogP contribution in [0.15, 0.2) is 18.2 Å². The van der Waals surface area contributed by atoms with Crippen LogP contribution in [-0.2, 0) is 16.1 Å². The van der Waals surface area contributed by atoms with Crippen LogP contribution in [0.25, 0.3) is 0 Å². The van der Waals surface area contributed by atoms with Crippen molar-refractivity contribution < 1.29 is 9.53 Å². The van der Waals surface area contributed by atoms with E-state index in [1.165, 1.54) is 0 Å². The first-order valence-electron chi connectivity index (χ1n) is 7.53. The maximum Gasteiger partial charge on any atom is 0.224 e. The molecule has 0 radical (unpaired) electrons. The lowest BCUT2D eigenvalue weighted by Gasteiger charge is -2.32. The summed E-state index contributed by atoms with van der Waals surface area (Å²) in [6, 6.07) is 5.54. The molecule has 0 aliphatic carbocycles. The summed E-state index contributed by atoms with van der Waals surface area (Å²) in [5.74, 6) is 0.124. The third-order valence-electron chi connectivity index (χ3n) is 3.93. The Hall–Kier alpha value is -0.810. The van der Waals surface area contributed by atoms with Crippen LogP contribution < -0.4 is 5.32 Å². The number of rotatable bonds is 6. The van der Waals surface area contributed by atoms with E-state index in [4.69, 9.17) is 27.9 Å². The van der Waals surface area contributed by atoms with Gasteiger partial charge in [-0.3, -0.25) is 9.69 Å². The number of hydrogen-bond acceptors (Lipinski definition) is 3. The molecule has 0 aromatic heterocycles. The molecule has 0 bridgehead atoms. The minimum absolute atomic E-state index is 0.0202. The first kappa shape index (κ1) is 17.5. The van der Waals surface area contributed by atoms with Crippen molar-refractivity contribution in [1.29, 1.82) is 0 Å². The van der Waals surface area contributed by atoms with Crippen molar-refractivity contribution in [2.24, 2.45) is 5.92 Å². The summed E-state index contributed by atoms with van der Waals surface area (Å²) in [4.78, 5) is 14.4. The lowest BCUT2D eigenvalue weighted by Crippen LogP contribution is -2.43. The molecule has 1 saturated heterocycles. The molecule has 1 N–H and O–H groups in total. The number of hydrogen-bond donors (Lipinski definition) is 1. The molecule has 1 atom stereocenters. The van der Waals surface area contributed by atoms with Crippen LogP contribution in [0.1, 0.15) is 18.4 Å². The van der Waals surface area contributed by atoms with E-state index in [1.807, 2.05) is 18.2 Å². The van der Waals surface area contributed by atoms with Gasteiger partial charge in [-0.2, -0.15) is 0 Å². The van der Waals surface area contributed by atoms with E-state index >= 15 is 0 Å². The Morgan fingerprint density at radius 1 is 1.41 bits per heavy atom. The van der Waals surface area contributed by atoms with Crippen molar-refractivity contribution in [2.75, 3.05) is 33.4 Å².